The van der Waals surface area contributed by atoms with Gasteiger partial charge < -0.3 is 5.32 Å². The van der Waals surface area contributed by atoms with Crippen molar-refractivity contribution >= 4 is 61.2 Å². The lowest BCUT2D eigenvalue weighted by Crippen LogP contribution is -2.12. The molecule has 9 heteroatoms. The first-order chi connectivity index (χ1) is 17.2. The van der Waals surface area contributed by atoms with Gasteiger partial charge in [-0.2, -0.15) is 0 Å². The molecule has 0 aliphatic rings. The number of thioether (sulfide) groups is 1. The van der Waals surface area contributed by atoms with E-state index in [0.29, 0.717) is 12.2 Å². The molecule has 0 fully saturated rings. The van der Waals surface area contributed by atoms with Crippen LogP contribution in [-0.2, 0) is 4.79 Å². The predicted octanol–water partition coefficient (Wildman–Crippen LogP) is 6.86. The number of hydrogen-bond donors (Lipinski definition) is 1. The molecule has 0 spiro atoms. The van der Waals surface area contributed by atoms with E-state index < -0.39 is 0 Å². The van der Waals surface area contributed by atoms with E-state index in [1.807, 2.05) is 60.7 Å². The lowest BCUT2D eigenvalue weighted by atomic mass is 10.2. The molecule has 1 amide bonds. The van der Waals surface area contributed by atoms with Crippen LogP contribution in [0.4, 0.5) is 5.69 Å². The van der Waals surface area contributed by atoms with Crippen LogP contribution in [0.25, 0.3) is 37.0 Å². The fourth-order valence-corrected chi connectivity index (χ4v) is 6.50. The van der Waals surface area contributed by atoms with Crippen LogP contribution in [0.3, 0.4) is 0 Å². The van der Waals surface area contributed by atoms with Gasteiger partial charge in [0, 0.05) is 28.8 Å². The fraction of sp³-hybridized carbons (Fsp3) is 0.0769. The van der Waals surface area contributed by atoms with Gasteiger partial charge in [0.2, 0.25) is 10.9 Å². The van der Waals surface area contributed by atoms with Gasteiger partial charge in [0.1, 0.15) is 5.01 Å². The molecule has 0 saturated carbocycles. The average molecular weight is 514 g/mol. The molecule has 0 saturated heterocycles. The maximum absolute atomic E-state index is 12.5. The molecule has 0 bridgehead atoms. The number of benzene rings is 3. The molecule has 1 N–H and O–H groups in total. The smallest absolute Gasteiger partial charge is 0.225 e. The van der Waals surface area contributed by atoms with Crippen molar-refractivity contribution in [2.24, 2.45) is 0 Å². The van der Waals surface area contributed by atoms with E-state index in [4.69, 9.17) is 4.98 Å². The van der Waals surface area contributed by atoms with E-state index in [1.165, 1.54) is 16.5 Å². The van der Waals surface area contributed by atoms with Gasteiger partial charge in [0.05, 0.1) is 15.9 Å². The molecule has 0 unspecified atom stereocenters. The van der Waals surface area contributed by atoms with Crippen molar-refractivity contribution in [1.29, 1.82) is 0 Å². The summed E-state index contributed by atoms with van der Waals surface area (Å²) in [5, 5.41) is 15.5. The van der Waals surface area contributed by atoms with Crippen LogP contribution in [0, 0.1) is 0 Å². The number of rotatable bonds is 7. The largest absolute Gasteiger partial charge is 0.326 e. The summed E-state index contributed by atoms with van der Waals surface area (Å²) in [7, 11) is 0. The molecule has 0 aliphatic heterocycles. The number of carbonyl (C=O) groups excluding carboxylic acids is 1. The first kappa shape index (κ1) is 22.0. The minimum absolute atomic E-state index is 0.0282. The van der Waals surface area contributed by atoms with E-state index in [-0.39, 0.29) is 5.91 Å². The van der Waals surface area contributed by atoms with Gasteiger partial charge in [-0.3, -0.25) is 9.20 Å². The molecule has 6 aromatic rings. The van der Waals surface area contributed by atoms with Crippen LogP contribution < -0.4 is 5.32 Å². The Morgan fingerprint density at radius 1 is 0.914 bits per heavy atom. The Balaban J connectivity index is 1.08. The van der Waals surface area contributed by atoms with Crippen molar-refractivity contribution in [3.8, 4) is 21.8 Å². The van der Waals surface area contributed by atoms with Gasteiger partial charge in [0.15, 0.2) is 5.16 Å². The summed E-state index contributed by atoms with van der Waals surface area (Å²) >= 11 is 4.77. The molecule has 0 aliphatic carbocycles. The summed E-state index contributed by atoms with van der Waals surface area (Å²) < 4.78 is 3.23. The van der Waals surface area contributed by atoms with E-state index in [2.05, 4.69) is 43.5 Å². The van der Waals surface area contributed by atoms with Gasteiger partial charge in [-0.1, -0.05) is 54.2 Å². The van der Waals surface area contributed by atoms with Crippen molar-refractivity contribution < 1.29 is 4.79 Å². The van der Waals surface area contributed by atoms with Crippen LogP contribution in [0.2, 0.25) is 0 Å². The number of para-hydroxylation sites is 1. The highest BCUT2D eigenvalue weighted by molar-refractivity contribution is 7.99. The van der Waals surface area contributed by atoms with Crippen LogP contribution >= 0.6 is 34.4 Å². The first-order valence-corrected chi connectivity index (χ1v) is 13.7. The van der Waals surface area contributed by atoms with Crippen molar-refractivity contribution in [3.63, 3.8) is 0 Å². The summed E-state index contributed by atoms with van der Waals surface area (Å²) in [5.41, 5.74) is 5.01. The summed E-state index contributed by atoms with van der Waals surface area (Å²) in [4.78, 5) is 18.1. The van der Waals surface area contributed by atoms with E-state index in [9.17, 15) is 4.79 Å². The molecule has 3 heterocycles. The molecular formula is C26H19N5OS3. The Kier molecular flexibility index (Phi) is 6.03. The Morgan fingerprint density at radius 2 is 1.71 bits per heavy atom. The summed E-state index contributed by atoms with van der Waals surface area (Å²) in [6.45, 7) is 0. The van der Waals surface area contributed by atoms with Crippen molar-refractivity contribution in [2.75, 3.05) is 11.1 Å². The zero-order valence-electron chi connectivity index (χ0n) is 18.4. The molecule has 3 aromatic heterocycles. The number of amides is 1. The Hall–Kier alpha value is -3.53. The molecular weight excluding hydrogens is 495 g/mol. The van der Waals surface area contributed by atoms with Gasteiger partial charge in [-0.05, 0) is 42.0 Å². The normalized spacial score (nSPS) is 11.3. The molecule has 0 atom stereocenters. The summed E-state index contributed by atoms with van der Waals surface area (Å²) in [5.74, 6) is 0.583. The van der Waals surface area contributed by atoms with Gasteiger partial charge in [-0.15, -0.1) is 32.9 Å². The molecule has 6 nitrogen and oxygen atoms in total. The topological polar surface area (TPSA) is 72.2 Å². The van der Waals surface area contributed by atoms with Crippen molar-refractivity contribution in [1.82, 2.24) is 19.6 Å². The van der Waals surface area contributed by atoms with Crippen LogP contribution in [-0.4, -0.2) is 31.2 Å². The maximum atomic E-state index is 12.5. The fourth-order valence-electron chi connectivity index (χ4n) is 3.75. The first-order valence-electron chi connectivity index (χ1n) is 11.0. The quantitative estimate of drug-likeness (QED) is 0.236. The predicted molar refractivity (Wildman–Crippen MR) is 145 cm³/mol. The lowest BCUT2D eigenvalue weighted by molar-refractivity contribution is -0.115. The minimum atomic E-state index is -0.0282. The van der Waals surface area contributed by atoms with E-state index in [0.717, 1.165) is 43.1 Å². The lowest BCUT2D eigenvalue weighted by Gasteiger charge is -2.06. The number of fused-ring (bicyclic) bond motifs is 2. The Labute approximate surface area is 213 Å². The highest BCUT2D eigenvalue weighted by Gasteiger charge is 2.14. The van der Waals surface area contributed by atoms with Crippen LogP contribution in [0.5, 0.6) is 0 Å². The minimum Gasteiger partial charge on any atom is -0.326 e. The second-order valence-electron chi connectivity index (χ2n) is 7.80. The number of aromatic nitrogens is 4. The Bertz CT molecular complexity index is 1590. The van der Waals surface area contributed by atoms with Crippen LogP contribution in [0.15, 0.2) is 89.4 Å². The summed E-state index contributed by atoms with van der Waals surface area (Å²) in [6, 6.07) is 26.1. The van der Waals surface area contributed by atoms with E-state index in [1.54, 1.807) is 22.7 Å². The SMILES string of the molecule is O=C(CCSc1nnc2scc(-c3ccccc3)n12)Nc1ccc(-c2nc3ccccc3s2)cc1. The van der Waals surface area contributed by atoms with Gasteiger partial charge >= 0.3 is 0 Å². The molecule has 172 valence electrons. The van der Waals surface area contributed by atoms with Crippen LogP contribution in [0.1, 0.15) is 6.42 Å². The van der Waals surface area contributed by atoms with Gasteiger partial charge in [0.25, 0.3) is 0 Å². The van der Waals surface area contributed by atoms with Crippen molar-refractivity contribution in [3.05, 3.63) is 84.2 Å². The average Bonchev–Trinajstić information content (AvgIpc) is 3.61. The third kappa shape index (κ3) is 4.58. The number of hydrogen-bond acceptors (Lipinski definition) is 7. The van der Waals surface area contributed by atoms with Gasteiger partial charge in [-0.25, -0.2) is 4.98 Å². The highest BCUT2D eigenvalue weighted by atomic mass is 32.2. The zero-order chi connectivity index (χ0) is 23.6. The molecule has 6 rings (SSSR count). The highest BCUT2D eigenvalue weighted by Crippen LogP contribution is 2.31. The number of anilines is 1. The van der Waals surface area contributed by atoms with E-state index >= 15 is 0 Å². The molecule has 35 heavy (non-hydrogen) atoms. The monoisotopic (exact) mass is 513 g/mol. The third-order valence-corrected chi connectivity index (χ3v) is 8.29. The zero-order valence-corrected chi connectivity index (χ0v) is 20.9. The summed E-state index contributed by atoms with van der Waals surface area (Å²) in [6.07, 6.45) is 0.379. The number of carbonyl (C=O) groups is 1. The molecule has 3 aromatic carbocycles. The number of thiazole rings is 2. The number of nitrogens with zero attached hydrogens (tertiary/aromatic N) is 4. The molecule has 0 radical (unpaired) electrons. The van der Waals surface area contributed by atoms with Crippen molar-refractivity contribution in [2.45, 2.75) is 11.6 Å². The second kappa shape index (κ2) is 9.61. The standard InChI is InChI=1S/C26H19N5OS3/c32-23(27-19-12-10-18(11-13-19)24-28-20-8-4-5-9-22(20)35-24)14-15-33-25-29-30-26-31(25)21(16-34-26)17-6-2-1-3-7-17/h1-13,16H,14-15H2,(H,27,32). The number of nitrogens with one attached hydrogen (secondary N) is 1. The Morgan fingerprint density at radius 3 is 2.54 bits per heavy atom. The maximum Gasteiger partial charge on any atom is 0.225 e. The second-order valence-corrected chi connectivity index (χ2v) is 10.7. The third-order valence-electron chi connectivity index (χ3n) is 5.46.